The smallest absolute Gasteiger partial charge is 0.326 e. The van der Waals surface area contributed by atoms with E-state index in [2.05, 4.69) is 10.3 Å². The number of carboxylic acid groups (broad SMARTS) is 2. The molecule has 0 radical (unpaired) electrons. The Morgan fingerprint density at radius 3 is 2.55 bits per heavy atom. The van der Waals surface area contributed by atoms with Crippen LogP contribution in [0.15, 0.2) is 24.5 Å². The average Bonchev–Trinajstić information content (AvgIpc) is 2.41. The number of aromatic nitrogens is 1. The van der Waals surface area contributed by atoms with Crippen molar-refractivity contribution in [3.05, 3.63) is 30.1 Å². The molecule has 1 aromatic rings. The molecule has 7 nitrogen and oxygen atoms in total. The normalized spacial score (nSPS) is 11.6. The van der Waals surface area contributed by atoms with Gasteiger partial charge in [0, 0.05) is 25.2 Å². The summed E-state index contributed by atoms with van der Waals surface area (Å²) in [5.74, 6) is -2.76. The standard InChI is InChI=1S/C13H16N2O5/c16-11(5-3-9-2-1-7-14-8-9)15-10(13(19)20)4-6-12(17)18/h1-2,7-8,10H,3-6H2,(H,15,16)(H,17,18)(H,19,20)/t10-/m0/s1. The first-order valence-corrected chi connectivity index (χ1v) is 6.12. The summed E-state index contributed by atoms with van der Waals surface area (Å²) in [4.78, 5) is 36.9. The molecule has 1 rings (SSSR count). The highest BCUT2D eigenvalue weighted by Gasteiger charge is 2.20. The molecule has 108 valence electrons. The van der Waals surface area contributed by atoms with E-state index in [0.29, 0.717) is 6.42 Å². The molecule has 0 aliphatic heterocycles. The lowest BCUT2D eigenvalue weighted by atomic mass is 10.1. The molecule has 0 aromatic carbocycles. The van der Waals surface area contributed by atoms with E-state index >= 15 is 0 Å². The summed E-state index contributed by atoms with van der Waals surface area (Å²) in [7, 11) is 0. The molecule has 7 heteroatoms. The summed E-state index contributed by atoms with van der Waals surface area (Å²) in [5.41, 5.74) is 0.875. The van der Waals surface area contributed by atoms with E-state index in [1.807, 2.05) is 6.07 Å². The topological polar surface area (TPSA) is 117 Å². The van der Waals surface area contributed by atoms with Gasteiger partial charge in [-0.15, -0.1) is 0 Å². The molecule has 0 aliphatic rings. The Kier molecular flexibility index (Phi) is 6.15. The first-order chi connectivity index (χ1) is 9.49. The Morgan fingerprint density at radius 1 is 1.25 bits per heavy atom. The molecule has 0 fully saturated rings. The van der Waals surface area contributed by atoms with E-state index in [9.17, 15) is 14.4 Å². The first-order valence-electron chi connectivity index (χ1n) is 6.12. The second-order valence-electron chi connectivity index (χ2n) is 4.25. The second-order valence-corrected chi connectivity index (χ2v) is 4.25. The zero-order valence-corrected chi connectivity index (χ0v) is 10.8. The van der Waals surface area contributed by atoms with Crippen LogP contribution in [0.25, 0.3) is 0 Å². The summed E-state index contributed by atoms with van der Waals surface area (Å²) in [6.45, 7) is 0. The molecule has 20 heavy (non-hydrogen) atoms. The zero-order chi connectivity index (χ0) is 15.0. The number of carbonyl (C=O) groups is 3. The van der Waals surface area contributed by atoms with Gasteiger partial charge < -0.3 is 15.5 Å². The maximum absolute atomic E-state index is 11.6. The zero-order valence-electron chi connectivity index (χ0n) is 10.8. The molecule has 1 amide bonds. The second kappa shape index (κ2) is 7.88. The van der Waals surface area contributed by atoms with Crippen molar-refractivity contribution < 1.29 is 24.6 Å². The fraction of sp³-hybridized carbons (Fsp3) is 0.385. The van der Waals surface area contributed by atoms with Gasteiger partial charge in [-0.2, -0.15) is 0 Å². The minimum atomic E-state index is -1.24. The van der Waals surface area contributed by atoms with Gasteiger partial charge in [0.05, 0.1) is 0 Å². The van der Waals surface area contributed by atoms with E-state index in [1.54, 1.807) is 18.5 Å². The van der Waals surface area contributed by atoms with Crippen LogP contribution in [0, 0.1) is 0 Å². The maximum Gasteiger partial charge on any atom is 0.326 e. The van der Waals surface area contributed by atoms with E-state index in [-0.39, 0.29) is 19.3 Å². The van der Waals surface area contributed by atoms with Crippen LogP contribution in [-0.2, 0) is 20.8 Å². The number of pyridine rings is 1. The van der Waals surface area contributed by atoms with E-state index in [0.717, 1.165) is 5.56 Å². The Bertz CT molecular complexity index is 475. The molecule has 0 bridgehead atoms. The van der Waals surface area contributed by atoms with Crippen molar-refractivity contribution in [3.8, 4) is 0 Å². The van der Waals surface area contributed by atoms with Gasteiger partial charge in [-0.25, -0.2) is 4.79 Å². The quantitative estimate of drug-likeness (QED) is 0.636. The van der Waals surface area contributed by atoms with E-state index in [4.69, 9.17) is 10.2 Å². The molecule has 3 N–H and O–H groups in total. The molecular weight excluding hydrogens is 264 g/mol. The monoisotopic (exact) mass is 280 g/mol. The Morgan fingerprint density at radius 2 is 2.00 bits per heavy atom. The van der Waals surface area contributed by atoms with Gasteiger partial charge in [0.1, 0.15) is 6.04 Å². The molecule has 0 spiro atoms. The van der Waals surface area contributed by atoms with Gasteiger partial charge >= 0.3 is 11.9 Å². The fourth-order valence-electron chi connectivity index (χ4n) is 1.60. The highest BCUT2D eigenvalue weighted by Crippen LogP contribution is 2.02. The molecule has 0 saturated carbocycles. The van der Waals surface area contributed by atoms with Crippen molar-refractivity contribution in [2.45, 2.75) is 31.7 Å². The Balaban J connectivity index is 2.41. The molecule has 1 atom stereocenters. The molecule has 0 unspecified atom stereocenters. The van der Waals surface area contributed by atoms with Crippen LogP contribution >= 0.6 is 0 Å². The predicted molar refractivity (Wildman–Crippen MR) is 69.0 cm³/mol. The molecule has 0 saturated heterocycles. The summed E-state index contributed by atoms with van der Waals surface area (Å²) < 4.78 is 0. The van der Waals surface area contributed by atoms with Gasteiger partial charge in [-0.1, -0.05) is 6.07 Å². The molecule has 1 heterocycles. The van der Waals surface area contributed by atoms with Gasteiger partial charge in [-0.05, 0) is 24.5 Å². The fourth-order valence-corrected chi connectivity index (χ4v) is 1.60. The lowest BCUT2D eigenvalue weighted by Gasteiger charge is -2.13. The van der Waals surface area contributed by atoms with Gasteiger partial charge in [0.25, 0.3) is 0 Å². The van der Waals surface area contributed by atoms with E-state index in [1.165, 1.54) is 0 Å². The van der Waals surface area contributed by atoms with Crippen molar-refractivity contribution in [3.63, 3.8) is 0 Å². The Labute approximate surface area is 115 Å². The summed E-state index contributed by atoms with van der Waals surface area (Å²) in [6, 6.07) is 2.40. The van der Waals surface area contributed by atoms with Crippen LogP contribution in [0.3, 0.4) is 0 Å². The molecule has 1 aromatic heterocycles. The van der Waals surface area contributed by atoms with Gasteiger partial charge in [0.15, 0.2) is 0 Å². The van der Waals surface area contributed by atoms with Crippen LogP contribution in [0.1, 0.15) is 24.8 Å². The summed E-state index contributed by atoms with van der Waals surface area (Å²) in [5, 5.41) is 19.7. The third-order valence-electron chi connectivity index (χ3n) is 2.64. The minimum Gasteiger partial charge on any atom is -0.481 e. The number of nitrogens with zero attached hydrogens (tertiary/aromatic N) is 1. The lowest BCUT2D eigenvalue weighted by molar-refractivity contribution is -0.143. The third kappa shape index (κ3) is 5.94. The first kappa shape index (κ1) is 15.6. The van der Waals surface area contributed by atoms with Crippen LogP contribution in [0.5, 0.6) is 0 Å². The Hall–Kier alpha value is -2.44. The number of hydrogen-bond acceptors (Lipinski definition) is 4. The van der Waals surface area contributed by atoms with Crippen LogP contribution in [0.4, 0.5) is 0 Å². The van der Waals surface area contributed by atoms with Crippen LogP contribution in [0.2, 0.25) is 0 Å². The number of aliphatic carboxylic acids is 2. The highest BCUT2D eigenvalue weighted by molar-refractivity contribution is 5.84. The highest BCUT2D eigenvalue weighted by atomic mass is 16.4. The number of aryl methyl sites for hydroxylation is 1. The van der Waals surface area contributed by atoms with Crippen LogP contribution in [-0.4, -0.2) is 39.1 Å². The van der Waals surface area contributed by atoms with Crippen molar-refractivity contribution >= 4 is 17.8 Å². The van der Waals surface area contributed by atoms with Gasteiger partial charge in [0.2, 0.25) is 5.91 Å². The number of carbonyl (C=O) groups excluding carboxylic acids is 1. The maximum atomic E-state index is 11.6. The van der Waals surface area contributed by atoms with E-state index < -0.39 is 23.9 Å². The number of rotatable bonds is 8. The molecular formula is C13H16N2O5. The van der Waals surface area contributed by atoms with Crippen LogP contribution < -0.4 is 5.32 Å². The lowest BCUT2D eigenvalue weighted by Crippen LogP contribution is -2.41. The number of carboxylic acids is 2. The van der Waals surface area contributed by atoms with Crippen molar-refractivity contribution in [1.82, 2.24) is 10.3 Å². The predicted octanol–water partition coefficient (Wildman–Crippen LogP) is 0.448. The van der Waals surface area contributed by atoms with Crippen molar-refractivity contribution in [1.29, 1.82) is 0 Å². The number of hydrogen-bond donors (Lipinski definition) is 3. The largest absolute Gasteiger partial charge is 0.481 e. The minimum absolute atomic E-state index is 0.128. The average molecular weight is 280 g/mol. The van der Waals surface area contributed by atoms with Gasteiger partial charge in [-0.3, -0.25) is 14.6 Å². The number of amides is 1. The molecule has 0 aliphatic carbocycles. The summed E-state index contributed by atoms with van der Waals surface area (Å²) >= 11 is 0. The van der Waals surface area contributed by atoms with Crippen molar-refractivity contribution in [2.75, 3.05) is 0 Å². The summed E-state index contributed by atoms with van der Waals surface area (Å²) in [6.07, 6.45) is 3.39. The van der Waals surface area contributed by atoms with Crippen molar-refractivity contribution in [2.24, 2.45) is 0 Å². The SMILES string of the molecule is O=C(O)CC[C@H](NC(=O)CCc1cccnc1)C(=O)O. The third-order valence-corrected chi connectivity index (χ3v) is 2.64. The number of nitrogens with one attached hydrogen (secondary N) is 1.